The maximum absolute atomic E-state index is 13.8. The van der Waals surface area contributed by atoms with Crippen molar-refractivity contribution < 1.29 is 24.2 Å². The van der Waals surface area contributed by atoms with Crippen LogP contribution in [0.15, 0.2) is 71.9 Å². The van der Waals surface area contributed by atoms with Crippen LogP contribution in [-0.4, -0.2) is 104 Å². The molecule has 58 heavy (non-hydrogen) atoms. The number of aromatic amines is 2. The third-order valence-corrected chi connectivity index (χ3v) is 11.6. The zero-order valence-corrected chi connectivity index (χ0v) is 34.1. The molecular weight excluding hydrogens is 739 g/mol. The van der Waals surface area contributed by atoms with Crippen LogP contribution in [0.3, 0.4) is 0 Å². The SMILES string of the molecule is COC(=O)NC(CN1CCCC1c1ncc(-c2ccc(-n3ccc4cc(-c5cnc(C6CCCN6C(=O)C(NC(O)OC)C(C)C)[nH]5)ccc4c3=O)cc2)[nH]1)C(C)C. The maximum Gasteiger partial charge on any atom is 0.407 e. The first-order valence-electron chi connectivity index (χ1n) is 20.2. The molecule has 0 radical (unpaired) electrons. The van der Waals surface area contributed by atoms with Gasteiger partial charge in [-0.15, -0.1) is 0 Å². The van der Waals surface area contributed by atoms with Crippen molar-refractivity contribution in [2.24, 2.45) is 11.8 Å². The van der Waals surface area contributed by atoms with E-state index in [1.807, 2.05) is 73.5 Å². The molecule has 2 amide bonds. The van der Waals surface area contributed by atoms with Gasteiger partial charge in [0.25, 0.3) is 5.56 Å². The largest absolute Gasteiger partial charge is 0.453 e. The Morgan fingerprint density at radius 1 is 0.879 bits per heavy atom. The van der Waals surface area contributed by atoms with Gasteiger partial charge in [0.05, 0.1) is 49.0 Å². The molecule has 0 bridgehead atoms. The number of imidazole rings is 2. The van der Waals surface area contributed by atoms with Crippen molar-refractivity contribution >= 4 is 22.8 Å². The standard InChI is InChI=1S/C43H55N9O6/c1-25(2)34(48-42(55)57-5)24-50-18-7-9-35(50)38-44-22-32(46-38)27-11-14-30(15-12-27)51-20-17-28-21-29(13-16-31(28)40(51)53)33-23-45-39(47-33)36-10-8-19-52(36)41(54)37(26(3)4)49-43(56)58-6/h11-17,20-23,25-26,34-37,43,49,56H,7-10,18-19,24H2,1-6H3,(H,44,46)(H,45,47)(H,48,55). The summed E-state index contributed by atoms with van der Waals surface area (Å²) in [5.41, 5.74) is 4.16. The van der Waals surface area contributed by atoms with E-state index < -0.39 is 18.5 Å². The summed E-state index contributed by atoms with van der Waals surface area (Å²) in [7, 11) is 2.77. The summed E-state index contributed by atoms with van der Waals surface area (Å²) in [6, 6.07) is 14.8. The number of nitrogens with zero attached hydrogens (tertiary/aromatic N) is 5. The minimum Gasteiger partial charge on any atom is -0.453 e. The molecule has 5 atom stereocenters. The first-order chi connectivity index (χ1) is 27.9. The predicted molar refractivity (Wildman–Crippen MR) is 221 cm³/mol. The van der Waals surface area contributed by atoms with E-state index in [1.54, 1.807) is 17.0 Å². The minimum atomic E-state index is -1.24. The molecular formula is C43H55N9O6. The third-order valence-electron chi connectivity index (χ3n) is 11.6. The smallest absolute Gasteiger partial charge is 0.407 e. The molecule has 3 aromatic heterocycles. The summed E-state index contributed by atoms with van der Waals surface area (Å²) < 4.78 is 11.5. The van der Waals surface area contributed by atoms with E-state index in [4.69, 9.17) is 14.5 Å². The van der Waals surface area contributed by atoms with Crippen LogP contribution in [-0.2, 0) is 14.3 Å². The lowest BCUT2D eigenvalue weighted by Gasteiger charge is -2.31. The number of ether oxygens (including phenoxy) is 2. The Morgan fingerprint density at radius 3 is 2.21 bits per heavy atom. The molecule has 15 nitrogen and oxygen atoms in total. The Balaban J connectivity index is 1.04. The molecule has 2 aliphatic heterocycles. The summed E-state index contributed by atoms with van der Waals surface area (Å²) in [5.74, 6) is 1.68. The van der Waals surface area contributed by atoms with Crippen molar-refractivity contribution in [3.8, 4) is 28.2 Å². The number of methoxy groups -OCH3 is 2. The van der Waals surface area contributed by atoms with Gasteiger partial charge in [0, 0.05) is 49.1 Å². The second kappa shape index (κ2) is 17.6. The van der Waals surface area contributed by atoms with Crippen LogP contribution in [0.1, 0.15) is 77.1 Å². The Bertz CT molecular complexity index is 2260. The van der Waals surface area contributed by atoms with Crippen molar-refractivity contribution in [1.29, 1.82) is 0 Å². The fourth-order valence-corrected chi connectivity index (χ4v) is 8.23. The maximum atomic E-state index is 13.8. The van der Waals surface area contributed by atoms with Crippen LogP contribution >= 0.6 is 0 Å². The van der Waals surface area contributed by atoms with E-state index in [0.29, 0.717) is 24.3 Å². The van der Waals surface area contributed by atoms with Crippen LogP contribution in [0.4, 0.5) is 4.79 Å². The Labute approximate surface area is 338 Å². The van der Waals surface area contributed by atoms with Gasteiger partial charge in [-0.1, -0.05) is 45.9 Å². The van der Waals surface area contributed by atoms with Gasteiger partial charge in [-0.2, -0.15) is 0 Å². The molecule has 2 aliphatic rings. The van der Waals surface area contributed by atoms with Gasteiger partial charge in [-0.25, -0.2) is 14.8 Å². The van der Waals surface area contributed by atoms with E-state index in [-0.39, 0.29) is 41.4 Å². The topological polar surface area (TPSA) is 183 Å². The Hall–Kier alpha value is -5.35. The van der Waals surface area contributed by atoms with Gasteiger partial charge < -0.3 is 34.8 Å². The second-order valence-electron chi connectivity index (χ2n) is 16.0. The molecule has 5 aromatic rings. The van der Waals surface area contributed by atoms with Gasteiger partial charge in [-0.3, -0.25) is 24.4 Å². The zero-order valence-electron chi connectivity index (χ0n) is 34.1. The number of likely N-dealkylation sites (tertiary alicyclic amines) is 2. The van der Waals surface area contributed by atoms with Crippen molar-refractivity contribution in [3.05, 3.63) is 89.1 Å². The van der Waals surface area contributed by atoms with Crippen LogP contribution in [0.2, 0.25) is 0 Å². The first-order valence-corrected chi connectivity index (χ1v) is 20.2. The Morgan fingerprint density at radius 2 is 1.53 bits per heavy atom. The van der Waals surface area contributed by atoms with E-state index in [0.717, 1.165) is 71.6 Å². The number of H-pyrrole nitrogens is 2. The van der Waals surface area contributed by atoms with E-state index >= 15 is 0 Å². The van der Waals surface area contributed by atoms with Crippen molar-refractivity contribution in [2.45, 2.75) is 84.0 Å². The highest BCUT2D eigenvalue weighted by Gasteiger charge is 2.37. The normalized spacial score (nSPS) is 18.9. The molecule has 5 N–H and O–H groups in total. The highest BCUT2D eigenvalue weighted by atomic mass is 16.6. The van der Waals surface area contributed by atoms with Gasteiger partial charge in [-0.05, 0) is 85.3 Å². The molecule has 0 spiro atoms. The number of benzene rings is 2. The summed E-state index contributed by atoms with van der Waals surface area (Å²) in [6.45, 7) is 10.3. The number of carbonyl (C=O) groups is 2. The summed E-state index contributed by atoms with van der Waals surface area (Å²) >= 11 is 0. The molecule has 15 heteroatoms. The Kier molecular flexibility index (Phi) is 12.4. The quantitative estimate of drug-likeness (QED) is 0.0903. The second-order valence-corrected chi connectivity index (χ2v) is 16.0. The number of carbonyl (C=O) groups excluding carboxylic acids is 2. The van der Waals surface area contributed by atoms with Crippen LogP contribution in [0.25, 0.3) is 39.0 Å². The molecule has 7 rings (SSSR count). The monoisotopic (exact) mass is 793 g/mol. The number of amides is 2. The van der Waals surface area contributed by atoms with Gasteiger partial charge >= 0.3 is 6.09 Å². The number of pyridine rings is 1. The summed E-state index contributed by atoms with van der Waals surface area (Å²) in [4.78, 5) is 60.0. The summed E-state index contributed by atoms with van der Waals surface area (Å²) in [5, 5.41) is 17.3. The lowest BCUT2D eigenvalue weighted by molar-refractivity contribution is -0.145. The van der Waals surface area contributed by atoms with Crippen molar-refractivity contribution in [1.82, 2.24) is 44.9 Å². The number of rotatable bonds is 14. The van der Waals surface area contributed by atoms with Crippen molar-refractivity contribution in [2.75, 3.05) is 33.9 Å². The highest BCUT2D eigenvalue weighted by Crippen LogP contribution is 2.34. The number of nitrogens with one attached hydrogen (secondary N) is 4. The number of aliphatic hydroxyl groups excluding tert-OH is 1. The predicted octanol–water partition coefficient (Wildman–Crippen LogP) is 5.49. The molecule has 0 aliphatic carbocycles. The highest BCUT2D eigenvalue weighted by molar-refractivity contribution is 5.86. The van der Waals surface area contributed by atoms with Crippen LogP contribution < -0.4 is 16.2 Å². The molecule has 2 saturated heterocycles. The fourth-order valence-electron chi connectivity index (χ4n) is 8.23. The summed E-state index contributed by atoms with van der Waals surface area (Å²) in [6.07, 6.45) is 7.41. The molecule has 5 heterocycles. The molecule has 308 valence electrons. The van der Waals surface area contributed by atoms with Gasteiger partial charge in [0.2, 0.25) is 12.3 Å². The molecule has 2 fully saturated rings. The molecule has 5 unspecified atom stereocenters. The minimum absolute atomic E-state index is 0.0428. The lowest BCUT2D eigenvalue weighted by Crippen LogP contribution is -2.52. The number of aromatic nitrogens is 5. The van der Waals surface area contributed by atoms with Crippen LogP contribution in [0.5, 0.6) is 0 Å². The lowest BCUT2D eigenvalue weighted by atomic mass is 10.0. The first kappa shape index (κ1) is 40.8. The fraction of sp³-hybridized carbons (Fsp3) is 0.465. The zero-order chi connectivity index (χ0) is 41.1. The van der Waals surface area contributed by atoms with E-state index in [1.165, 1.54) is 14.2 Å². The average Bonchev–Trinajstić information content (AvgIpc) is 4.07. The van der Waals surface area contributed by atoms with Gasteiger partial charge in [0.1, 0.15) is 11.6 Å². The number of fused-ring (bicyclic) bond motifs is 1. The molecule has 0 saturated carbocycles. The van der Waals surface area contributed by atoms with E-state index in [2.05, 4.69) is 44.3 Å². The van der Waals surface area contributed by atoms with E-state index in [9.17, 15) is 19.5 Å². The van der Waals surface area contributed by atoms with Crippen molar-refractivity contribution in [3.63, 3.8) is 0 Å². The molecule has 2 aromatic carbocycles. The van der Waals surface area contributed by atoms with Crippen LogP contribution in [0, 0.1) is 11.8 Å². The third kappa shape index (κ3) is 8.58. The van der Waals surface area contributed by atoms with Gasteiger partial charge in [0.15, 0.2) is 0 Å². The number of hydrogen-bond donors (Lipinski definition) is 5. The number of aliphatic hydroxyl groups is 1. The number of alkyl carbamates (subject to hydrolysis) is 1. The number of hydrogen-bond acceptors (Lipinski definition) is 10. The average molecular weight is 794 g/mol.